The molecule has 3 aromatic rings. The lowest BCUT2D eigenvalue weighted by Crippen LogP contribution is -2.32. The summed E-state index contributed by atoms with van der Waals surface area (Å²) in [5.41, 5.74) is 6.69. The van der Waals surface area contributed by atoms with Gasteiger partial charge in [0.25, 0.3) is 5.91 Å². The maximum absolute atomic E-state index is 12.3. The highest BCUT2D eigenvalue weighted by Gasteiger charge is 2.40. The Morgan fingerprint density at radius 2 is 2.33 bits per heavy atom. The number of fused-ring (bicyclic) bond motifs is 3. The molecule has 1 amide bonds. The van der Waals surface area contributed by atoms with Gasteiger partial charge in [0, 0.05) is 23.4 Å². The van der Waals surface area contributed by atoms with E-state index < -0.39 is 5.60 Å². The third-order valence-electron chi connectivity index (χ3n) is 4.39. The van der Waals surface area contributed by atoms with Gasteiger partial charge in [0.15, 0.2) is 5.76 Å². The minimum Gasteiger partial charge on any atom is -0.451 e. The second-order valence-electron chi connectivity index (χ2n) is 6.74. The summed E-state index contributed by atoms with van der Waals surface area (Å²) in [7, 11) is 0. The molecule has 0 unspecified atom stereocenters. The normalized spacial score (nSPS) is 17.3. The quantitative estimate of drug-likeness (QED) is 0.656. The number of nitrogens with one attached hydrogen (secondary N) is 1. The Hall–Kier alpha value is -2.38. The Balaban J connectivity index is 1.70. The van der Waals surface area contributed by atoms with Crippen molar-refractivity contribution in [3.05, 3.63) is 30.2 Å². The molecule has 0 bridgehead atoms. The Morgan fingerprint density at radius 1 is 1.54 bits per heavy atom. The molecule has 0 spiro atoms. The Kier molecular flexibility index (Phi) is 3.36. The molecule has 24 heavy (non-hydrogen) atoms. The monoisotopic (exact) mass is 328 g/mol. The average molecular weight is 328 g/mol. The van der Waals surface area contributed by atoms with E-state index in [0.29, 0.717) is 12.1 Å². The van der Waals surface area contributed by atoms with Crippen molar-refractivity contribution in [2.45, 2.75) is 38.0 Å². The van der Waals surface area contributed by atoms with Crippen molar-refractivity contribution in [2.24, 2.45) is 5.73 Å². The van der Waals surface area contributed by atoms with Crippen LogP contribution in [0.15, 0.2) is 28.8 Å². The largest absolute Gasteiger partial charge is 0.451 e. The summed E-state index contributed by atoms with van der Waals surface area (Å²) in [6.45, 7) is 2.76. The zero-order valence-electron chi connectivity index (χ0n) is 13.5. The number of rotatable bonds is 5. The highest BCUT2D eigenvalue weighted by atomic mass is 16.3. The summed E-state index contributed by atoms with van der Waals surface area (Å²) < 4.78 is 7.53. The van der Waals surface area contributed by atoms with Gasteiger partial charge < -0.3 is 20.6 Å². The third-order valence-corrected chi connectivity index (χ3v) is 4.39. The second kappa shape index (κ2) is 5.32. The molecular formula is C17H20N4O3. The Morgan fingerprint density at radius 3 is 3.04 bits per heavy atom. The number of carbonyl (C=O) groups excluding carboxylic acids is 1. The molecular weight excluding hydrogens is 308 g/mol. The van der Waals surface area contributed by atoms with Crippen LogP contribution in [0.3, 0.4) is 0 Å². The molecule has 1 saturated carbocycles. The molecule has 2 aromatic heterocycles. The summed E-state index contributed by atoms with van der Waals surface area (Å²) in [5, 5.41) is 18.7. The van der Waals surface area contributed by atoms with Crippen molar-refractivity contribution in [2.75, 3.05) is 6.54 Å². The molecule has 1 aliphatic carbocycles. The first-order valence-electron chi connectivity index (χ1n) is 8.09. The van der Waals surface area contributed by atoms with Crippen molar-refractivity contribution in [3.63, 3.8) is 0 Å². The predicted octanol–water partition coefficient (Wildman–Crippen LogP) is 1.38. The van der Waals surface area contributed by atoms with E-state index >= 15 is 0 Å². The van der Waals surface area contributed by atoms with Crippen molar-refractivity contribution in [3.8, 4) is 0 Å². The van der Waals surface area contributed by atoms with E-state index in [-0.39, 0.29) is 24.3 Å². The van der Waals surface area contributed by atoms with Gasteiger partial charge in [-0.3, -0.25) is 9.48 Å². The lowest BCUT2D eigenvalue weighted by molar-refractivity contribution is 0.0872. The van der Waals surface area contributed by atoms with Crippen molar-refractivity contribution in [1.82, 2.24) is 15.1 Å². The van der Waals surface area contributed by atoms with Crippen molar-refractivity contribution < 1.29 is 14.3 Å². The number of hydrogen-bond acceptors (Lipinski definition) is 5. The third kappa shape index (κ3) is 2.65. The fraction of sp³-hybridized carbons (Fsp3) is 0.412. The van der Waals surface area contributed by atoms with Crippen LogP contribution in [0.1, 0.15) is 30.3 Å². The van der Waals surface area contributed by atoms with E-state index in [1.165, 1.54) is 0 Å². The molecule has 0 radical (unpaired) electrons. The first-order chi connectivity index (χ1) is 11.5. The number of benzene rings is 1. The number of aliphatic hydroxyl groups is 1. The molecule has 7 nitrogen and oxygen atoms in total. The highest BCUT2D eigenvalue weighted by molar-refractivity contribution is 6.06. The van der Waals surface area contributed by atoms with Crippen LogP contribution in [0.4, 0.5) is 0 Å². The van der Waals surface area contributed by atoms with Crippen LogP contribution >= 0.6 is 0 Å². The van der Waals surface area contributed by atoms with Gasteiger partial charge in [-0.1, -0.05) is 0 Å². The second-order valence-corrected chi connectivity index (χ2v) is 6.74. The first kappa shape index (κ1) is 15.2. The molecule has 0 saturated heterocycles. The topological polar surface area (TPSA) is 106 Å². The van der Waals surface area contributed by atoms with Crippen LogP contribution in [-0.4, -0.2) is 39.0 Å². The van der Waals surface area contributed by atoms with Crippen molar-refractivity contribution in [1.29, 1.82) is 0 Å². The van der Waals surface area contributed by atoms with Gasteiger partial charge >= 0.3 is 0 Å². The van der Waals surface area contributed by atoms with E-state index in [4.69, 9.17) is 10.2 Å². The maximum atomic E-state index is 12.3. The fourth-order valence-corrected chi connectivity index (χ4v) is 2.87. The van der Waals surface area contributed by atoms with Crippen LogP contribution in [0.2, 0.25) is 0 Å². The predicted molar refractivity (Wildman–Crippen MR) is 89.7 cm³/mol. The van der Waals surface area contributed by atoms with Gasteiger partial charge in [0.05, 0.1) is 23.9 Å². The highest BCUT2D eigenvalue weighted by Crippen LogP contribution is 2.34. The number of furan rings is 1. The maximum Gasteiger partial charge on any atom is 0.287 e. The molecule has 1 atom stereocenters. The van der Waals surface area contributed by atoms with Crippen LogP contribution in [0, 0.1) is 0 Å². The minimum absolute atomic E-state index is 0.0303. The van der Waals surface area contributed by atoms with Gasteiger partial charge in [-0.25, -0.2) is 0 Å². The lowest BCUT2D eigenvalue weighted by atomic mass is 10.2. The SMILES string of the molecule is C[C@H](N)Cn1ncc2ccc3oc(C(=O)NCC4(O)CC4)cc3c21. The Labute approximate surface area is 138 Å². The molecule has 126 valence electrons. The van der Waals surface area contributed by atoms with Gasteiger partial charge in [-0.05, 0) is 38.0 Å². The van der Waals surface area contributed by atoms with Crippen LogP contribution in [0.25, 0.3) is 21.9 Å². The van der Waals surface area contributed by atoms with Gasteiger partial charge in [0.1, 0.15) is 5.58 Å². The zero-order valence-corrected chi connectivity index (χ0v) is 13.5. The van der Waals surface area contributed by atoms with E-state index in [2.05, 4.69) is 10.4 Å². The number of aromatic nitrogens is 2. The smallest absolute Gasteiger partial charge is 0.287 e. The number of carbonyl (C=O) groups is 1. The fourth-order valence-electron chi connectivity index (χ4n) is 2.87. The molecule has 1 aliphatic rings. The van der Waals surface area contributed by atoms with E-state index in [1.54, 1.807) is 12.3 Å². The Bertz CT molecular complexity index is 921. The summed E-state index contributed by atoms with van der Waals surface area (Å²) in [6.07, 6.45) is 3.24. The van der Waals surface area contributed by atoms with Crippen molar-refractivity contribution >= 4 is 27.8 Å². The zero-order chi connectivity index (χ0) is 16.9. The summed E-state index contributed by atoms with van der Waals surface area (Å²) >= 11 is 0. The number of nitrogens with two attached hydrogens (primary N) is 1. The molecule has 4 N–H and O–H groups in total. The molecule has 4 rings (SSSR count). The van der Waals surface area contributed by atoms with Crippen LogP contribution in [-0.2, 0) is 6.54 Å². The van der Waals surface area contributed by atoms with Gasteiger partial charge in [0.2, 0.25) is 0 Å². The van der Waals surface area contributed by atoms with E-state index in [0.717, 1.165) is 29.1 Å². The van der Waals surface area contributed by atoms with Crippen LogP contribution < -0.4 is 11.1 Å². The standard InChI is InChI=1S/C17H20N4O3/c1-10(18)8-21-15-11(7-20-21)2-3-13-12(15)6-14(24-13)16(22)19-9-17(23)4-5-17/h2-3,6-7,10,23H,4-5,8-9,18H2,1H3,(H,19,22)/t10-/m0/s1. The number of hydrogen-bond donors (Lipinski definition) is 3. The minimum atomic E-state index is -0.731. The summed E-state index contributed by atoms with van der Waals surface area (Å²) in [6, 6.07) is 5.45. The van der Waals surface area contributed by atoms with E-state index in [9.17, 15) is 9.90 Å². The van der Waals surface area contributed by atoms with Crippen LogP contribution in [0.5, 0.6) is 0 Å². The molecule has 0 aliphatic heterocycles. The van der Waals surface area contributed by atoms with Gasteiger partial charge in [-0.15, -0.1) is 0 Å². The van der Waals surface area contributed by atoms with Gasteiger partial charge in [-0.2, -0.15) is 5.10 Å². The summed E-state index contributed by atoms with van der Waals surface area (Å²) in [4.78, 5) is 12.3. The number of nitrogens with zero attached hydrogens (tertiary/aromatic N) is 2. The molecule has 1 aromatic carbocycles. The molecule has 1 fully saturated rings. The molecule has 7 heteroatoms. The van der Waals surface area contributed by atoms with E-state index in [1.807, 2.05) is 23.7 Å². The summed E-state index contributed by atoms with van der Waals surface area (Å²) in [5.74, 6) is -0.0896. The first-order valence-corrected chi connectivity index (χ1v) is 8.09. The number of amides is 1. The lowest BCUT2D eigenvalue weighted by Gasteiger charge is -2.07. The average Bonchev–Trinajstić information content (AvgIpc) is 2.97. The molecule has 2 heterocycles.